The van der Waals surface area contributed by atoms with Gasteiger partial charge in [0.15, 0.2) is 0 Å². The summed E-state index contributed by atoms with van der Waals surface area (Å²) in [6.45, 7) is 4.45. The standard InChI is InChI=1S/C18H20/c1-15(2)18-13-11-17(12-14-18)10-6-9-16-7-4-3-5-8-16/h3-9,11-15H,10H2,1-2H3. The fraction of sp³-hybridized carbons (Fsp3) is 0.222. The zero-order chi connectivity index (χ0) is 12.8. The summed E-state index contributed by atoms with van der Waals surface area (Å²) in [5.41, 5.74) is 4.04. The van der Waals surface area contributed by atoms with E-state index >= 15 is 0 Å². The first-order valence-corrected chi connectivity index (χ1v) is 6.56. The zero-order valence-electron chi connectivity index (χ0n) is 11.1. The van der Waals surface area contributed by atoms with Crippen LogP contribution in [0.2, 0.25) is 0 Å². The third-order valence-electron chi connectivity index (χ3n) is 3.11. The van der Waals surface area contributed by atoms with E-state index in [0.29, 0.717) is 5.92 Å². The Morgan fingerprint density at radius 3 is 2.17 bits per heavy atom. The second-order valence-corrected chi connectivity index (χ2v) is 4.91. The molecule has 0 amide bonds. The van der Waals surface area contributed by atoms with Gasteiger partial charge in [0.25, 0.3) is 0 Å². The van der Waals surface area contributed by atoms with Crippen molar-refractivity contribution in [3.63, 3.8) is 0 Å². The van der Waals surface area contributed by atoms with Gasteiger partial charge in [-0.05, 0) is 29.0 Å². The van der Waals surface area contributed by atoms with Crippen LogP contribution in [0.5, 0.6) is 0 Å². The summed E-state index contributed by atoms with van der Waals surface area (Å²) < 4.78 is 0. The molecular weight excluding hydrogens is 216 g/mol. The highest BCUT2D eigenvalue weighted by Gasteiger charge is 1.97. The van der Waals surface area contributed by atoms with Crippen LogP contribution in [0.1, 0.15) is 36.5 Å². The van der Waals surface area contributed by atoms with Crippen LogP contribution in [-0.2, 0) is 6.42 Å². The lowest BCUT2D eigenvalue weighted by Gasteiger charge is -2.05. The van der Waals surface area contributed by atoms with E-state index in [9.17, 15) is 0 Å². The Hall–Kier alpha value is -1.82. The topological polar surface area (TPSA) is 0 Å². The van der Waals surface area contributed by atoms with Gasteiger partial charge in [0.05, 0.1) is 0 Å². The predicted octanol–water partition coefficient (Wildman–Crippen LogP) is 5.07. The lowest BCUT2D eigenvalue weighted by Crippen LogP contribution is -1.88. The number of hydrogen-bond donors (Lipinski definition) is 0. The van der Waals surface area contributed by atoms with Crippen LogP contribution in [0.15, 0.2) is 60.7 Å². The van der Waals surface area contributed by atoms with Crippen LogP contribution in [0.4, 0.5) is 0 Å². The van der Waals surface area contributed by atoms with Crippen molar-refractivity contribution in [1.29, 1.82) is 0 Å². The van der Waals surface area contributed by atoms with Crippen molar-refractivity contribution in [1.82, 2.24) is 0 Å². The van der Waals surface area contributed by atoms with Crippen LogP contribution in [-0.4, -0.2) is 0 Å². The van der Waals surface area contributed by atoms with Crippen LogP contribution in [0, 0.1) is 0 Å². The third-order valence-corrected chi connectivity index (χ3v) is 3.11. The maximum Gasteiger partial charge on any atom is -0.00941 e. The zero-order valence-corrected chi connectivity index (χ0v) is 11.1. The first kappa shape index (κ1) is 12.6. The van der Waals surface area contributed by atoms with Crippen LogP contribution in [0.3, 0.4) is 0 Å². The SMILES string of the molecule is CC(C)c1ccc(CC=Cc2ccccc2)cc1. The third kappa shape index (κ3) is 3.59. The Bertz CT molecular complexity index is 489. The first-order valence-electron chi connectivity index (χ1n) is 6.56. The fourth-order valence-corrected chi connectivity index (χ4v) is 1.93. The molecule has 18 heavy (non-hydrogen) atoms. The van der Waals surface area contributed by atoms with Gasteiger partial charge in [-0.25, -0.2) is 0 Å². The number of allylic oxidation sites excluding steroid dienone is 1. The highest BCUT2D eigenvalue weighted by Crippen LogP contribution is 2.15. The van der Waals surface area contributed by atoms with E-state index in [1.54, 1.807) is 0 Å². The van der Waals surface area contributed by atoms with E-state index in [4.69, 9.17) is 0 Å². The molecule has 0 fully saturated rings. The molecule has 92 valence electrons. The van der Waals surface area contributed by atoms with Gasteiger partial charge < -0.3 is 0 Å². The van der Waals surface area contributed by atoms with Crippen LogP contribution < -0.4 is 0 Å². The number of rotatable bonds is 4. The predicted molar refractivity (Wildman–Crippen MR) is 79.7 cm³/mol. The Balaban J connectivity index is 1.96. The largest absolute Gasteiger partial charge is 0.0795 e. The number of hydrogen-bond acceptors (Lipinski definition) is 0. The van der Waals surface area contributed by atoms with Crippen molar-refractivity contribution in [2.24, 2.45) is 0 Å². The van der Waals surface area contributed by atoms with Crippen LogP contribution >= 0.6 is 0 Å². The van der Waals surface area contributed by atoms with E-state index in [2.05, 4.69) is 74.5 Å². The van der Waals surface area contributed by atoms with Gasteiger partial charge in [0.1, 0.15) is 0 Å². The first-order chi connectivity index (χ1) is 8.75. The van der Waals surface area contributed by atoms with Gasteiger partial charge in [0, 0.05) is 0 Å². The van der Waals surface area contributed by atoms with E-state index in [-0.39, 0.29) is 0 Å². The van der Waals surface area contributed by atoms with Gasteiger partial charge in [-0.3, -0.25) is 0 Å². The summed E-state index contributed by atoms with van der Waals surface area (Å²) in [4.78, 5) is 0. The normalized spacial score (nSPS) is 11.3. The van der Waals surface area contributed by atoms with Gasteiger partial charge >= 0.3 is 0 Å². The summed E-state index contributed by atoms with van der Waals surface area (Å²) in [5, 5.41) is 0. The molecule has 0 nitrogen and oxygen atoms in total. The Morgan fingerprint density at radius 1 is 0.889 bits per heavy atom. The molecule has 0 aliphatic rings. The molecule has 0 heteroatoms. The summed E-state index contributed by atoms with van der Waals surface area (Å²) in [6.07, 6.45) is 5.39. The lowest BCUT2D eigenvalue weighted by molar-refractivity contribution is 0.865. The molecule has 0 saturated heterocycles. The monoisotopic (exact) mass is 236 g/mol. The molecule has 0 spiro atoms. The van der Waals surface area contributed by atoms with Crippen molar-refractivity contribution in [3.05, 3.63) is 77.4 Å². The molecular formula is C18H20. The van der Waals surface area contributed by atoms with Crippen molar-refractivity contribution in [2.45, 2.75) is 26.2 Å². The fourth-order valence-electron chi connectivity index (χ4n) is 1.93. The number of benzene rings is 2. The minimum Gasteiger partial charge on any atom is -0.0795 e. The minimum absolute atomic E-state index is 0.610. The molecule has 0 atom stereocenters. The Kier molecular flexibility index (Phi) is 4.35. The summed E-state index contributed by atoms with van der Waals surface area (Å²) in [6, 6.07) is 19.3. The highest BCUT2D eigenvalue weighted by atomic mass is 14.0. The van der Waals surface area contributed by atoms with Crippen molar-refractivity contribution < 1.29 is 0 Å². The second-order valence-electron chi connectivity index (χ2n) is 4.91. The van der Waals surface area contributed by atoms with Crippen LogP contribution in [0.25, 0.3) is 6.08 Å². The molecule has 0 radical (unpaired) electrons. The Labute approximate surface area is 110 Å². The smallest absolute Gasteiger partial charge is 0.00941 e. The van der Waals surface area contributed by atoms with Gasteiger partial charge in [-0.15, -0.1) is 0 Å². The van der Waals surface area contributed by atoms with Gasteiger partial charge in [0.2, 0.25) is 0 Å². The summed E-state index contributed by atoms with van der Waals surface area (Å²) >= 11 is 0. The van der Waals surface area contributed by atoms with E-state index < -0.39 is 0 Å². The van der Waals surface area contributed by atoms with Crippen molar-refractivity contribution in [3.8, 4) is 0 Å². The molecule has 2 rings (SSSR count). The molecule has 0 saturated carbocycles. The highest BCUT2D eigenvalue weighted by molar-refractivity contribution is 5.49. The molecule has 0 aliphatic heterocycles. The Morgan fingerprint density at radius 2 is 1.56 bits per heavy atom. The average Bonchev–Trinajstić information content (AvgIpc) is 2.40. The maximum atomic E-state index is 2.23. The van der Waals surface area contributed by atoms with Crippen molar-refractivity contribution in [2.75, 3.05) is 0 Å². The molecule has 2 aromatic rings. The maximum absolute atomic E-state index is 2.23. The molecule has 0 aromatic heterocycles. The molecule has 0 bridgehead atoms. The quantitative estimate of drug-likeness (QED) is 0.695. The average molecular weight is 236 g/mol. The van der Waals surface area contributed by atoms with E-state index in [0.717, 1.165) is 6.42 Å². The molecule has 0 N–H and O–H groups in total. The van der Waals surface area contributed by atoms with E-state index in [1.807, 2.05) is 6.07 Å². The summed E-state index contributed by atoms with van der Waals surface area (Å²) in [7, 11) is 0. The van der Waals surface area contributed by atoms with Gasteiger partial charge in [-0.1, -0.05) is 80.6 Å². The molecule has 2 aromatic carbocycles. The lowest BCUT2D eigenvalue weighted by atomic mass is 10.0. The second kappa shape index (κ2) is 6.20. The van der Waals surface area contributed by atoms with E-state index in [1.165, 1.54) is 16.7 Å². The van der Waals surface area contributed by atoms with Crippen molar-refractivity contribution >= 4 is 6.08 Å². The van der Waals surface area contributed by atoms with Gasteiger partial charge in [-0.2, -0.15) is 0 Å². The molecule has 0 heterocycles. The summed E-state index contributed by atoms with van der Waals surface area (Å²) in [5.74, 6) is 0.610. The molecule has 0 aliphatic carbocycles. The minimum atomic E-state index is 0.610. The molecule has 0 unspecified atom stereocenters.